The van der Waals surface area contributed by atoms with Crippen LogP contribution >= 0.6 is 11.6 Å². The molecule has 2 N–H and O–H groups in total. The fourth-order valence-electron chi connectivity index (χ4n) is 2.84. The van der Waals surface area contributed by atoms with E-state index in [1.54, 1.807) is 0 Å². The van der Waals surface area contributed by atoms with Gasteiger partial charge in [-0.2, -0.15) is 0 Å². The number of ether oxygens (including phenoxy) is 1. The summed E-state index contributed by atoms with van der Waals surface area (Å²) in [4.78, 5) is 0. The maximum absolute atomic E-state index is 10.2. The first kappa shape index (κ1) is 18.8. The summed E-state index contributed by atoms with van der Waals surface area (Å²) in [6, 6.07) is 12.0. The van der Waals surface area contributed by atoms with Gasteiger partial charge in [0.25, 0.3) is 0 Å². The number of rotatable bonds is 7. The topological polar surface area (TPSA) is 41.5 Å². The summed E-state index contributed by atoms with van der Waals surface area (Å²) in [6.07, 6.45) is -0.577. The Morgan fingerprint density at radius 2 is 1.79 bits per heavy atom. The Morgan fingerprint density at radius 3 is 2.42 bits per heavy atom. The monoisotopic (exact) mass is 347 g/mol. The average Bonchev–Trinajstić information content (AvgIpc) is 2.51. The zero-order valence-electron chi connectivity index (χ0n) is 14.8. The van der Waals surface area contributed by atoms with Crippen LogP contribution in [0.3, 0.4) is 0 Å². The number of aliphatic hydroxyl groups excluding tert-OH is 1. The van der Waals surface area contributed by atoms with Gasteiger partial charge in [0.15, 0.2) is 0 Å². The van der Waals surface area contributed by atoms with Gasteiger partial charge in [-0.1, -0.05) is 41.4 Å². The van der Waals surface area contributed by atoms with Gasteiger partial charge in [-0.25, -0.2) is 0 Å². The second kappa shape index (κ2) is 8.52. The van der Waals surface area contributed by atoms with E-state index < -0.39 is 6.10 Å². The highest BCUT2D eigenvalue weighted by atomic mass is 35.5. The number of nitrogens with one attached hydrogen (secondary N) is 1. The molecule has 2 aromatic carbocycles. The molecule has 4 heteroatoms. The molecule has 2 atom stereocenters. The summed E-state index contributed by atoms with van der Waals surface area (Å²) in [5.41, 5.74) is 4.51. The predicted octanol–water partition coefficient (Wildman–Crippen LogP) is 4.36. The van der Waals surface area contributed by atoms with Crippen molar-refractivity contribution < 1.29 is 9.84 Å². The van der Waals surface area contributed by atoms with Gasteiger partial charge < -0.3 is 15.2 Å². The first-order valence-electron chi connectivity index (χ1n) is 8.24. The van der Waals surface area contributed by atoms with Crippen molar-refractivity contribution in [2.24, 2.45) is 0 Å². The first-order valence-corrected chi connectivity index (χ1v) is 8.62. The summed E-state index contributed by atoms with van der Waals surface area (Å²) in [6.45, 7) is 8.90. The van der Waals surface area contributed by atoms with E-state index in [0.29, 0.717) is 6.54 Å². The fourth-order valence-corrected chi connectivity index (χ4v) is 3.04. The van der Waals surface area contributed by atoms with Gasteiger partial charge in [-0.05, 0) is 56.5 Å². The summed E-state index contributed by atoms with van der Waals surface area (Å²) < 4.78 is 5.83. The van der Waals surface area contributed by atoms with Crippen LogP contribution in [0, 0.1) is 20.8 Å². The maximum Gasteiger partial charge on any atom is 0.125 e. The zero-order valence-corrected chi connectivity index (χ0v) is 15.5. The third kappa shape index (κ3) is 5.23. The minimum absolute atomic E-state index is 0.112. The molecule has 0 saturated carbocycles. The van der Waals surface area contributed by atoms with Crippen LogP contribution in [0.4, 0.5) is 0 Å². The van der Waals surface area contributed by atoms with Crippen LogP contribution in [0.25, 0.3) is 0 Å². The van der Waals surface area contributed by atoms with Crippen molar-refractivity contribution in [3.8, 4) is 5.75 Å². The van der Waals surface area contributed by atoms with Crippen LogP contribution < -0.4 is 10.1 Å². The molecule has 0 spiro atoms. The number of halogens is 1. The molecule has 24 heavy (non-hydrogen) atoms. The Bertz CT molecular complexity index is 664. The van der Waals surface area contributed by atoms with Gasteiger partial charge in [-0.3, -0.25) is 0 Å². The maximum atomic E-state index is 10.2. The largest absolute Gasteiger partial charge is 0.490 e. The van der Waals surface area contributed by atoms with E-state index in [9.17, 15) is 5.11 Å². The number of hydrogen-bond acceptors (Lipinski definition) is 3. The zero-order chi connectivity index (χ0) is 17.7. The molecule has 2 aromatic rings. The van der Waals surface area contributed by atoms with E-state index in [1.165, 1.54) is 5.56 Å². The Morgan fingerprint density at radius 1 is 1.12 bits per heavy atom. The lowest BCUT2D eigenvalue weighted by molar-refractivity contribution is 0.103. The fraction of sp³-hybridized carbons (Fsp3) is 0.400. The van der Waals surface area contributed by atoms with Crippen molar-refractivity contribution in [1.82, 2.24) is 5.32 Å². The highest BCUT2D eigenvalue weighted by Gasteiger charge is 2.12. The predicted molar refractivity (Wildman–Crippen MR) is 100 cm³/mol. The first-order chi connectivity index (χ1) is 11.4. The SMILES string of the molecule is Cc1cc(C)c(OCC(O)CNC(C)c2cccc(Cl)c2)c(C)c1. The minimum atomic E-state index is -0.577. The van der Waals surface area contributed by atoms with Gasteiger partial charge in [0.2, 0.25) is 0 Å². The molecule has 0 aliphatic carbocycles. The van der Waals surface area contributed by atoms with Crippen molar-refractivity contribution >= 4 is 11.6 Å². The molecule has 0 aromatic heterocycles. The average molecular weight is 348 g/mol. The molecular weight excluding hydrogens is 322 g/mol. The Labute approximate surface area is 149 Å². The normalized spacial score (nSPS) is 13.6. The van der Waals surface area contributed by atoms with E-state index >= 15 is 0 Å². The molecule has 0 radical (unpaired) electrons. The molecule has 0 bridgehead atoms. The lowest BCUT2D eigenvalue weighted by Crippen LogP contribution is -2.33. The van der Waals surface area contributed by atoms with Gasteiger partial charge in [0.1, 0.15) is 18.5 Å². The third-order valence-electron chi connectivity index (χ3n) is 4.03. The standard InChI is InChI=1S/C20H26ClNO2/c1-13-8-14(2)20(15(3)9-13)24-12-19(23)11-22-16(4)17-6-5-7-18(21)10-17/h5-10,16,19,22-23H,11-12H2,1-4H3. The summed E-state index contributed by atoms with van der Waals surface area (Å²) in [5, 5.41) is 14.2. The van der Waals surface area contributed by atoms with Gasteiger partial charge in [0.05, 0.1) is 0 Å². The Hall–Kier alpha value is -1.55. The number of aryl methyl sites for hydroxylation is 3. The Kier molecular flexibility index (Phi) is 6.67. The lowest BCUT2D eigenvalue weighted by atomic mass is 10.1. The molecule has 2 unspecified atom stereocenters. The summed E-state index contributed by atoms with van der Waals surface area (Å²) in [5.74, 6) is 0.863. The smallest absolute Gasteiger partial charge is 0.125 e. The lowest BCUT2D eigenvalue weighted by Gasteiger charge is -2.19. The second-order valence-corrected chi connectivity index (χ2v) is 6.81. The summed E-state index contributed by atoms with van der Waals surface area (Å²) >= 11 is 6.01. The van der Waals surface area contributed by atoms with Crippen LogP contribution in [0.15, 0.2) is 36.4 Å². The molecule has 0 saturated heterocycles. The van der Waals surface area contributed by atoms with Crippen LogP contribution in [-0.2, 0) is 0 Å². The molecule has 0 amide bonds. The number of hydrogen-bond donors (Lipinski definition) is 2. The van der Waals surface area contributed by atoms with Gasteiger partial charge >= 0.3 is 0 Å². The highest BCUT2D eigenvalue weighted by molar-refractivity contribution is 6.30. The molecule has 130 valence electrons. The van der Waals surface area contributed by atoms with Gasteiger partial charge in [-0.15, -0.1) is 0 Å². The van der Waals surface area contributed by atoms with Crippen molar-refractivity contribution in [2.45, 2.75) is 39.8 Å². The van der Waals surface area contributed by atoms with E-state index in [2.05, 4.69) is 24.4 Å². The summed E-state index contributed by atoms with van der Waals surface area (Å²) in [7, 11) is 0. The quantitative estimate of drug-likeness (QED) is 0.782. The van der Waals surface area contributed by atoms with Crippen molar-refractivity contribution in [3.05, 3.63) is 63.7 Å². The van der Waals surface area contributed by atoms with Gasteiger partial charge in [0, 0.05) is 17.6 Å². The molecule has 0 aliphatic heterocycles. The molecule has 2 rings (SSSR count). The van der Waals surface area contributed by atoms with Crippen molar-refractivity contribution in [1.29, 1.82) is 0 Å². The molecule has 0 heterocycles. The van der Waals surface area contributed by atoms with Crippen LogP contribution in [-0.4, -0.2) is 24.4 Å². The van der Waals surface area contributed by atoms with Crippen molar-refractivity contribution in [3.63, 3.8) is 0 Å². The number of benzene rings is 2. The van der Waals surface area contributed by atoms with Crippen molar-refractivity contribution in [2.75, 3.05) is 13.2 Å². The number of aliphatic hydroxyl groups is 1. The molecular formula is C20H26ClNO2. The highest BCUT2D eigenvalue weighted by Crippen LogP contribution is 2.24. The molecule has 0 aliphatic rings. The minimum Gasteiger partial charge on any atom is -0.490 e. The second-order valence-electron chi connectivity index (χ2n) is 6.38. The van der Waals surface area contributed by atoms with E-state index in [-0.39, 0.29) is 12.6 Å². The van der Waals surface area contributed by atoms with E-state index in [4.69, 9.17) is 16.3 Å². The molecule has 3 nitrogen and oxygen atoms in total. The van der Waals surface area contributed by atoms with E-state index in [0.717, 1.165) is 27.5 Å². The van der Waals surface area contributed by atoms with E-state index in [1.807, 2.05) is 45.0 Å². The van der Waals surface area contributed by atoms with Crippen LogP contribution in [0.5, 0.6) is 5.75 Å². The third-order valence-corrected chi connectivity index (χ3v) is 4.27. The van der Waals surface area contributed by atoms with Crippen LogP contribution in [0.2, 0.25) is 5.02 Å². The molecule has 0 fully saturated rings. The van der Waals surface area contributed by atoms with Crippen LogP contribution in [0.1, 0.15) is 35.2 Å². The Balaban J connectivity index is 1.84.